The Balaban J connectivity index is 0.000000112. The minimum absolute atomic E-state index is 0.0250. The molecule has 16 aromatic rings. The van der Waals surface area contributed by atoms with E-state index >= 15 is 0 Å². The van der Waals surface area contributed by atoms with Crippen LogP contribution >= 0.6 is 129 Å². The number of aromatic nitrogens is 5. The van der Waals surface area contributed by atoms with Gasteiger partial charge in [-0.25, -0.2) is 4.79 Å². The SMILES string of the molecule is CCNC(=O)N1CCc2c([nH]c3ccc(Cl)cc23)C1c1ccc(OCc2ccccc2)cc1.COCC(=O)N1CCc2c([nH]c3ccc(Br)cc23)C1c1cccc(Cl)c1.Clc1ccc(CC2NCCc3c2[nH]c2ccc(Cl)cc32)c(Cl)c1.Clc1ccc2[nH]c3c(c2c1)CCNC3c1cc(Br)cc(Br)c1.N#Cc1ccc(C2NCCc3c2[nH]c2ccc(Cl)cc32)cc1. The van der Waals surface area contributed by atoms with E-state index in [9.17, 15) is 9.59 Å². The average Bonchev–Trinajstić information content (AvgIpc) is 1.62. The second kappa shape index (κ2) is 39.6. The number of benzene rings is 11. The lowest BCUT2D eigenvalue weighted by Crippen LogP contribution is -2.46. The Hall–Kier alpha value is -9.54. The zero-order valence-corrected chi connectivity index (χ0v) is 78.5. The second-order valence-corrected chi connectivity index (χ2v) is 37.5. The van der Waals surface area contributed by atoms with Crippen LogP contribution in [-0.2, 0) is 54.7 Å². The molecule has 10 heterocycles. The molecule has 11 aromatic carbocycles. The lowest BCUT2D eigenvalue weighted by Gasteiger charge is -2.36. The van der Waals surface area contributed by atoms with Crippen molar-refractivity contribution in [2.45, 2.75) is 82.3 Å². The Labute approximate surface area is 790 Å². The van der Waals surface area contributed by atoms with Gasteiger partial charge in [-0.2, -0.15) is 5.26 Å². The average molecular weight is 2010 g/mol. The van der Waals surface area contributed by atoms with Gasteiger partial charge in [0, 0.05) is 171 Å². The summed E-state index contributed by atoms with van der Waals surface area (Å²) in [6, 6.07) is 78.0. The minimum Gasteiger partial charge on any atom is -0.489 e. The third kappa shape index (κ3) is 19.4. The molecule has 0 radical (unpaired) electrons. The number of H-pyrrole nitrogens is 5. The molecule has 3 amide bonds. The van der Waals surface area contributed by atoms with Gasteiger partial charge in [0.05, 0.1) is 41.8 Å². The number of aromatic amines is 5. The summed E-state index contributed by atoms with van der Waals surface area (Å²) < 4.78 is 14.2. The van der Waals surface area contributed by atoms with Crippen LogP contribution in [0, 0.1) is 11.3 Å². The zero-order chi connectivity index (χ0) is 87.4. The normalized spacial score (nSPS) is 16.7. The monoisotopic (exact) mass is 2000 g/mol. The second-order valence-electron chi connectivity index (χ2n) is 31.7. The molecule has 5 aliphatic heterocycles. The first-order valence-electron chi connectivity index (χ1n) is 41.7. The van der Waals surface area contributed by atoms with Gasteiger partial charge in [0.25, 0.3) is 0 Å². The van der Waals surface area contributed by atoms with Crippen LogP contribution in [0.15, 0.2) is 244 Å². The fourth-order valence-corrected chi connectivity index (χ4v) is 21.2. The molecule has 0 saturated carbocycles. The summed E-state index contributed by atoms with van der Waals surface area (Å²) in [4.78, 5) is 47.2. The summed E-state index contributed by atoms with van der Waals surface area (Å²) in [7, 11) is 1.54. The summed E-state index contributed by atoms with van der Waals surface area (Å²) >= 11 is 54.0. The maximum absolute atomic E-state index is 12.9. The molecule has 5 atom stereocenters. The Morgan fingerprint density at radius 2 is 0.913 bits per heavy atom. The number of nitriles is 1. The highest BCUT2D eigenvalue weighted by Crippen LogP contribution is 2.45. The number of methoxy groups -OCH3 is 1. The summed E-state index contributed by atoms with van der Waals surface area (Å²) in [6.07, 6.45) is 5.41. The maximum Gasteiger partial charge on any atom is 0.318 e. The van der Waals surface area contributed by atoms with Gasteiger partial charge in [0.1, 0.15) is 19.0 Å². The van der Waals surface area contributed by atoms with Crippen LogP contribution in [0.5, 0.6) is 5.75 Å². The van der Waals surface area contributed by atoms with Crippen molar-refractivity contribution < 1.29 is 19.1 Å². The van der Waals surface area contributed by atoms with E-state index in [0.717, 1.165) is 165 Å². The molecular weight excluding hydrogens is 1920 g/mol. The number of ether oxygens (including phenoxy) is 2. The van der Waals surface area contributed by atoms with Crippen LogP contribution in [0.4, 0.5) is 4.79 Å². The van der Waals surface area contributed by atoms with E-state index in [1.807, 2.05) is 199 Å². The van der Waals surface area contributed by atoms with Crippen molar-refractivity contribution in [1.29, 1.82) is 5.26 Å². The number of nitrogens with one attached hydrogen (secondary N) is 9. The quantitative estimate of drug-likeness (QED) is 0.0573. The van der Waals surface area contributed by atoms with E-state index in [2.05, 4.69) is 143 Å². The minimum atomic E-state index is -0.213. The fraction of sp³-hybridized carbons (Fsp3) is 0.210. The van der Waals surface area contributed by atoms with Gasteiger partial charge in [0.2, 0.25) is 5.91 Å². The molecule has 0 saturated heterocycles. The molecular formula is C100H86Br3Cl7N12O4. The van der Waals surface area contributed by atoms with Crippen LogP contribution in [0.3, 0.4) is 0 Å². The van der Waals surface area contributed by atoms with E-state index in [4.69, 9.17) is 95.9 Å². The number of fused-ring (bicyclic) bond motifs is 15. The predicted molar refractivity (Wildman–Crippen MR) is 523 cm³/mol. The molecule has 5 aromatic heterocycles. The summed E-state index contributed by atoms with van der Waals surface area (Å²) in [6.45, 7) is 7.22. The van der Waals surface area contributed by atoms with E-state index in [1.165, 1.54) is 72.0 Å². The number of nitrogens with zero attached hydrogens (tertiary/aromatic N) is 3. The van der Waals surface area contributed by atoms with Crippen molar-refractivity contribution in [3.63, 3.8) is 0 Å². The van der Waals surface area contributed by atoms with Crippen LogP contribution in [0.25, 0.3) is 54.5 Å². The number of hydrogen-bond acceptors (Lipinski definition) is 8. The molecule has 5 aliphatic rings. The molecule has 9 N–H and O–H groups in total. The third-order valence-electron chi connectivity index (χ3n) is 23.8. The van der Waals surface area contributed by atoms with Gasteiger partial charge >= 0.3 is 6.03 Å². The number of amides is 3. The van der Waals surface area contributed by atoms with Crippen molar-refractivity contribution in [2.75, 3.05) is 53.0 Å². The van der Waals surface area contributed by atoms with Gasteiger partial charge in [-0.1, -0.05) is 202 Å². The van der Waals surface area contributed by atoms with Crippen LogP contribution in [0.1, 0.15) is 132 Å². The first-order valence-corrected chi connectivity index (χ1v) is 46.7. The van der Waals surface area contributed by atoms with Crippen molar-refractivity contribution in [3.05, 3.63) is 374 Å². The highest BCUT2D eigenvalue weighted by molar-refractivity contribution is 9.11. The molecule has 26 heteroatoms. The van der Waals surface area contributed by atoms with Crippen molar-refractivity contribution in [1.82, 2.24) is 56.0 Å². The summed E-state index contributed by atoms with van der Waals surface area (Å²) in [5, 5.41) is 33.7. The lowest BCUT2D eigenvalue weighted by molar-refractivity contribution is -0.137. The number of rotatable bonds is 12. The molecule has 21 rings (SSSR count). The largest absolute Gasteiger partial charge is 0.489 e. The van der Waals surface area contributed by atoms with Gasteiger partial charge < -0.3 is 65.5 Å². The van der Waals surface area contributed by atoms with Gasteiger partial charge in [0.15, 0.2) is 0 Å². The highest BCUT2D eigenvalue weighted by Gasteiger charge is 2.38. The fourth-order valence-electron chi connectivity index (χ4n) is 18.1. The van der Waals surface area contributed by atoms with E-state index < -0.39 is 0 Å². The Kier molecular flexibility index (Phi) is 27.8. The van der Waals surface area contributed by atoms with Crippen LogP contribution in [-0.4, -0.2) is 99.6 Å². The summed E-state index contributed by atoms with van der Waals surface area (Å²) in [5.74, 6) is 0.773. The third-order valence-corrected chi connectivity index (χ3v) is 27.0. The molecule has 16 nitrogen and oxygen atoms in total. The number of carbonyl (C=O) groups excluding carboxylic acids is 2. The molecule has 5 unspecified atom stereocenters. The molecule has 0 spiro atoms. The highest BCUT2D eigenvalue weighted by atomic mass is 79.9. The summed E-state index contributed by atoms with van der Waals surface area (Å²) in [5.41, 5.74) is 25.2. The van der Waals surface area contributed by atoms with E-state index in [0.29, 0.717) is 51.9 Å². The Bertz CT molecular complexity index is 6750. The molecule has 640 valence electrons. The van der Waals surface area contributed by atoms with Crippen molar-refractivity contribution >= 4 is 195 Å². The number of hydrogen-bond donors (Lipinski definition) is 9. The standard InChI is InChI=1S/C27H26ClN3O2.C20H18BrClN2O2.C18H15Cl3N2.C18H14ClN3.C17H13Br2ClN2/c1-2-29-27(32)31-15-14-22-23-16-20(28)10-13-24(23)30-25(22)26(31)19-8-11-21(12-9-19)33-17-18-6-4-3-5-7-18;1-26-11-18(25)24-8-7-15-16-10-13(21)5-6-17(16)23-19(15)20(24)12-3-2-4-14(22)9-12;19-11-3-4-16-14(8-11)13-5-6-22-17(18(13)23-16)7-10-1-2-12(20)9-15(10)21;19-13-5-6-16-15(9-13)14-7-8-21-17(18(14)22-16)12-3-1-11(10-20)2-4-12;18-10-5-9(6-11(19)7-10)16-17-13(3-4-21-16)14-8-12(20)1-2-15(14)22-17/h3-13,16,26,30H,2,14-15,17H2,1H3,(H,29,32);2-6,9-10,20,23H,7-8,11H2,1H3;1-4,8-9,17,22-23H,5-7H2;1-6,9,17,21-22H,7-8H2;1-2,5-8,16,21-22H,3-4H2. The van der Waals surface area contributed by atoms with Crippen molar-refractivity contribution in [2.24, 2.45) is 0 Å². The predicted octanol–water partition coefficient (Wildman–Crippen LogP) is 25.8. The van der Waals surface area contributed by atoms with Crippen LogP contribution in [0.2, 0.25) is 35.2 Å². The molecule has 0 aliphatic carbocycles. The van der Waals surface area contributed by atoms with E-state index in [-0.39, 0.29) is 48.8 Å². The smallest absolute Gasteiger partial charge is 0.318 e. The number of carbonyl (C=O) groups is 2. The topological polar surface area (TPSA) is 210 Å². The number of urea groups is 1. The lowest BCUT2D eigenvalue weighted by atomic mass is 9.92. The zero-order valence-electron chi connectivity index (χ0n) is 68.5. The van der Waals surface area contributed by atoms with Gasteiger partial charge in [-0.05, 0) is 271 Å². The maximum atomic E-state index is 12.9. The van der Waals surface area contributed by atoms with Gasteiger partial charge in [-0.3, -0.25) is 4.79 Å². The first-order chi connectivity index (χ1) is 61.2. The Morgan fingerprint density at radius 3 is 1.45 bits per heavy atom. The van der Waals surface area contributed by atoms with E-state index in [1.54, 1.807) is 13.2 Å². The molecule has 126 heavy (non-hydrogen) atoms. The van der Waals surface area contributed by atoms with Crippen molar-refractivity contribution in [3.8, 4) is 11.8 Å². The number of halogens is 10. The van der Waals surface area contributed by atoms with Gasteiger partial charge in [-0.15, -0.1) is 0 Å². The Morgan fingerprint density at radius 1 is 0.444 bits per heavy atom. The van der Waals surface area contributed by atoms with Crippen LogP contribution < -0.4 is 26.0 Å². The molecule has 0 fully saturated rings. The molecule has 0 bridgehead atoms. The first kappa shape index (κ1) is 88.5.